The zero-order valence-corrected chi connectivity index (χ0v) is 24.2. The van der Waals surface area contributed by atoms with Crippen LogP contribution >= 0.6 is 0 Å². The Balaban J connectivity index is 1.20. The molecule has 0 aliphatic carbocycles. The molecule has 216 valence electrons. The number of carbonyl (C=O) groups excluding carboxylic acids is 1. The first kappa shape index (κ1) is 27.8. The summed E-state index contributed by atoms with van der Waals surface area (Å²) in [6.45, 7) is 7.35. The standard InChI is InChI=1S/C35H44N4O2/c40-35(29-13-8-14-33(24-29)41-23-9-22-37-20-6-7-21-37)38-26-30-12-4-5-15-34(30)36-19-18-31-16-17-32(27-38)39(31)25-28-10-2-1-3-11-28/h1-5,8,10-15,24,31-32,36H,6-7,9,16-23,25-27H2/t31-,32+/m0/s1. The molecule has 2 saturated heterocycles. The lowest BCUT2D eigenvalue weighted by molar-refractivity contribution is 0.0663. The Labute approximate surface area is 245 Å². The Morgan fingerprint density at radius 2 is 1.68 bits per heavy atom. The second-order valence-corrected chi connectivity index (χ2v) is 11.9. The van der Waals surface area contributed by atoms with Gasteiger partial charge in [0.25, 0.3) is 5.91 Å². The van der Waals surface area contributed by atoms with Crippen LogP contribution in [0.4, 0.5) is 5.69 Å². The fraction of sp³-hybridized carbons (Fsp3) is 0.457. The van der Waals surface area contributed by atoms with Gasteiger partial charge in [-0.15, -0.1) is 0 Å². The fourth-order valence-electron chi connectivity index (χ4n) is 6.84. The molecule has 3 aromatic rings. The Bertz CT molecular complexity index is 1280. The molecule has 3 aliphatic rings. The summed E-state index contributed by atoms with van der Waals surface area (Å²) in [4.78, 5) is 21.4. The third kappa shape index (κ3) is 7.11. The van der Waals surface area contributed by atoms with E-state index in [4.69, 9.17) is 4.74 Å². The van der Waals surface area contributed by atoms with Gasteiger partial charge in [-0.25, -0.2) is 0 Å². The minimum atomic E-state index is 0.0738. The van der Waals surface area contributed by atoms with Crippen LogP contribution in [0.5, 0.6) is 5.75 Å². The highest BCUT2D eigenvalue weighted by molar-refractivity contribution is 5.94. The average molecular weight is 553 g/mol. The second kappa shape index (κ2) is 13.5. The molecule has 2 bridgehead atoms. The molecule has 0 saturated carbocycles. The van der Waals surface area contributed by atoms with E-state index >= 15 is 0 Å². The Kier molecular flexibility index (Phi) is 9.18. The molecule has 1 amide bonds. The molecular weight excluding hydrogens is 508 g/mol. The van der Waals surface area contributed by atoms with Crippen LogP contribution in [-0.4, -0.2) is 72.0 Å². The van der Waals surface area contributed by atoms with Gasteiger partial charge in [0.2, 0.25) is 0 Å². The summed E-state index contributed by atoms with van der Waals surface area (Å²) in [7, 11) is 0. The zero-order chi connectivity index (χ0) is 27.9. The maximum Gasteiger partial charge on any atom is 0.254 e. The van der Waals surface area contributed by atoms with E-state index in [0.717, 1.165) is 56.9 Å². The van der Waals surface area contributed by atoms with Crippen molar-refractivity contribution in [2.24, 2.45) is 0 Å². The Morgan fingerprint density at radius 3 is 2.56 bits per heavy atom. The number of rotatable bonds is 8. The van der Waals surface area contributed by atoms with Gasteiger partial charge < -0.3 is 19.9 Å². The number of fused-ring (bicyclic) bond motifs is 3. The first-order chi connectivity index (χ1) is 20.2. The van der Waals surface area contributed by atoms with Gasteiger partial charge in [0.05, 0.1) is 6.61 Å². The molecule has 6 rings (SSSR count). The van der Waals surface area contributed by atoms with Crippen molar-refractivity contribution in [1.82, 2.24) is 14.7 Å². The number of benzene rings is 3. The van der Waals surface area contributed by atoms with Crippen molar-refractivity contribution in [3.8, 4) is 5.75 Å². The monoisotopic (exact) mass is 552 g/mol. The predicted octanol–water partition coefficient (Wildman–Crippen LogP) is 6.04. The van der Waals surface area contributed by atoms with Crippen LogP contribution in [0, 0.1) is 0 Å². The van der Waals surface area contributed by atoms with Crippen LogP contribution in [-0.2, 0) is 13.1 Å². The smallest absolute Gasteiger partial charge is 0.254 e. The third-order valence-electron chi connectivity index (χ3n) is 9.04. The number of hydrogen-bond donors (Lipinski definition) is 1. The van der Waals surface area contributed by atoms with Crippen molar-refractivity contribution in [3.63, 3.8) is 0 Å². The number of hydrogen-bond acceptors (Lipinski definition) is 5. The molecule has 6 heteroatoms. The topological polar surface area (TPSA) is 48.1 Å². The first-order valence-electron chi connectivity index (χ1n) is 15.6. The number of carbonyl (C=O) groups is 1. The molecule has 2 atom stereocenters. The van der Waals surface area contributed by atoms with E-state index in [1.165, 1.54) is 43.5 Å². The van der Waals surface area contributed by atoms with Gasteiger partial charge in [0, 0.05) is 56.1 Å². The summed E-state index contributed by atoms with van der Waals surface area (Å²) in [5.41, 5.74) is 4.34. The minimum absolute atomic E-state index is 0.0738. The minimum Gasteiger partial charge on any atom is -0.494 e. The lowest BCUT2D eigenvalue weighted by atomic mass is 10.1. The van der Waals surface area contributed by atoms with Crippen LogP contribution < -0.4 is 10.1 Å². The molecule has 0 aromatic heterocycles. The summed E-state index contributed by atoms with van der Waals surface area (Å²) < 4.78 is 6.11. The van der Waals surface area contributed by atoms with Crippen molar-refractivity contribution in [3.05, 3.63) is 95.6 Å². The molecule has 0 radical (unpaired) electrons. The highest BCUT2D eigenvalue weighted by Crippen LogP contribution is 2.31. The van der Waals surface area contributed by atoms with E-state index in [-0.39, 0.29) is 5.91 Å². The van der Waals surface area contributed by atoms with E-state index in [1.807, 2.05) is 24.3 Å². The lowest BCUT2D eigenvalue weighted by Gasteiger charge is -2.34. The summed E-state index contributed by atoms with van der Waals surface area (Å²) in [5, 5.41) is 3.70. The van der Waals surface area contributed by atoms with Gasteiger partial charge in [0.1, 0.15) is 5.75 Å². The van der Waals surface area contributed by atoms with Crippen LogP contribution in [0.15, 0.2) is 78.9 Å². The van der Waals surface area contributed by atoms with Crippen LogP contribution in [0.1, 0.15) is 60.0 Å². The highest BCUT2D eigenvalue weighted by Gasteiger charge is 2.35. The average Bonchev–Trinajstić information content (AvgIpc) is 3.65. The summed E-state index contributed by atoms with van der Waals surface area (Å²) in [6, 6.07) is 27.9. The van der Waals surface area contributed by atoms with Crippen molar-refractivity contribution in [1.29, 1.82) is 0 Å². The van der Waals surface area contributed by atoms with Gasteiger partial charge >= 0.3 is 0 Å². The summed E-state index contributed by atoms with van der Waals surface area (Å²) >= 11 is 0. The highest BCUT2D eigenvalue weighted by atomic mass is 16.5. The summed E-state index contributed by atoms with van der Waals surface area (Å²) in [6.07, 6.45) is 7.02. The van der Waals surface area contributed by atoms with Crippen LogP contribution in [0.3, 0.4) is 0 Å². The van der Waals surface area contributed by atoms with Crippen molar-refractivity contribution in [2.45, 2.75) is 63.7 Å². The maximum absolute atomic E-state index is 14.2. The zero-order valence-electron chi connectivity index (χ0n) is 24.2. The van der Waals surface area contributed by atoms with E-state index in [9.17, 15) is 4.79 Å². The molecular formula is C35H44N4O2. The SMILES string of the molecule is O=C(c1cccc(OCCCN2CCCC2)c1)N1Cc2ccccc2NCC[C@@H]2CC[C@H](C1)N2Cc1ccccc1. The number of para-hydroxylation sites is 1. The van der Waals surface area contributed by atoms with Crippen molar-refractivity contribution in [2.75, 3.05) is 44.6 Å². The van der Waals surface area contributed by atoms with Gasteiger partial charge in [-0.05, 0) is 87.0 Å². The number of nitrogens with zero attached hydrogens (tertiary/aromatic N) is 3. The normalized spacial score (nSPS) is 21.6. The number of anilines is 1. The van der Waals surface area contributed by atoms with Crippen molar-refractivity contribution < 1.29 is 9.53 Å². The maximum atomic E-state index is 14.2. The molecule has 0 spiro atoms. The van der Waals surface area contributed by atoms with Gasteiger partial charge in [-0.1, -0.05) is 54.6 Å². The molecule has 1 N–H and O–H groups in total. The number of likely N-dealkylation sites (tertiary alicyclic amines) is 1. The predicted molar refractivity (Wildman–Crippen MR) is 165 cm³/mol. The fourth-order valence-corrected chi connectivity index (χ4v) is 6.84. The molecule has 3 aromatic carbocycles. The van der Waals surface area contributed by atoms with E-state index < -0.39 is 0 Å². The molecule has 41 heavy (non-hydrogen) atoms. The lowest BCUT2D eigenvalue weighted by Crippen LogP contribution is -2.44. The number of ether oxygens (including phenoxy) is 1. The van der Waals surface area contributed by atoms with Crippen LogP contribution in [0.25, 0.3) is 0 Å². The van der Waals surface area contributed by atoms with Gasteiger partial charge in [0.15, 0.2) is 0 Å². The van der Waals surface area contributed by atoms with E-state index in [2.05, 4.69) is 74.6 Å². The van der Waals surface area contributed by atoms with E-state index in [0.29, 0.717) is 30.8 Å². The second-order valence-electron chi connectivity index (χ2n) is 11.9. The molecule has 0 unspecified atom stereocenters. The Hall–Kier alpha value is -3.35. The molecule has 2 fully saturated rings. The first-order valence-corrected chi connectivity index (χ1v) is 15.6. The Morgan fingerprint density at radius 1 is 0.878 bits per heavy atom. The third-order valence-corrected chi connectivity index (χ3v) is 9.04. The van der Waals surface area contributed by atoms with Crippen LogP contribution in [0.2, 0.25) is 0 Å². The number of amides is 1. The number of nitrogens with one attached hydrogen (secondary N) is 1. The largest absolute Gasteiger partial charge is 0.494 e. The molecule has 3 aliphatic heterocycles. The van der Waals surface area contributed by atoms with Gasteiger partial charge in [-0.2, -0.15) is 0 Å². The van der Waals surface area contributed by atoms with Gasteiger partial charge in [-0.3, -0.25) is 9.69 Å². The van der Waals surface area contributed by atoms with Crippen molar-refractivity contribution >= 4 is 11.6 Å². The van der Waals surface area contributed by atoms with E-state index in [1.54, 1.807) is 0 Å². The quantitative estimate of drug-likeness (QED) is 0.345. The molecule has 3 heterocycles. The summed E-state index contributed by atoms with van der Waals surface area (Å²) in [5.74, 6) is 0.855. The molecule has 6 nitrogen and oxygen atoms in total.